The lowest BCUT2D eigenvalue weighted by Crippen LogP contribution is -2.09. The van der Waals surface area contributed by atoms with Gasteiger partial charge < -0.3 is 0 Å². The molecule has 0 aliphatic heterocycles. The Morgan fingerprint density at radius 3 is 2.16 bits per heavy atom. The lowest BCUT2D eigenvalue weighted by Gasteiger charge is -2.17. The molecule has 0 unspecified atom stereocenters. The number of benzene rings is 1. The minimum Gasteiger partial charge on any atom is -0.219 e. The molecule has 19 heavy (non-hydrogen) atoms. The molecule has 0 atom stereocenters. The van der Waals surface area contributed by atoms with Crippen molar-refractivity contribution in [1.82, 2.24) is 0 Å². The Morgan fingerprint density at radius 2 is 1.68 bits per heavy atom. The fraction of sp³-hybridized carbons (Fsp3) is 0.333. The van der Waals surface area contributed by atoms with Gasteiger partial charge >= 0.3 is 0 Å². The average Bonchev–Trinajstić information content (AvgIpc) is 2.39. The van der Waals surface area contributed by atoms with Gasteiger partial charge in [-0.1, -0.05) is 41.4 Å². The van der Waals surface area contributed by atoms with Gasteiger partial charge in [0.15, 0.2) is 0 Å². The largest absolute Gasteiger partial charge is 0.219 e. The van der Waals surface area contributed by atoms with E-state index >= 15 is 0 Å². The van der Waals surface area contributed by atoms with Gasteiger partial charge in [-0.2, -0.15) is 0 Å². The molecule has 0 amide bonds. The standard InChI is InChI=1S/C15H17BrO2S/c1-11(2)12-3-7-14(8-4-12)19(17,18)15-9-5-13(16)6-10-15/h3,5-7,9-11H,4,8H2,1-2H3. The monoisotopic (exact) mass is 340 g/mol. The van der Waals surface area contributed by atoms with E-state index in [0.29, 0.717) is 22.1 Å². The summed E-state index contributed by atoms with van der Waals surface area (Å²) >= 11 is 3.31. The summed E-state index contributed by atoms with van der Waals surface area (Å²) in [7, 11) is -3.33. The molecule has 0 radical (unpaired) electrons. The van der Waals surface area contributed by atoms with Crippen molar-refractivity contribution in [3.8, 4) is 0 Å². The second-order valence-electron chi connectivity index (χ2n) is 4.99. The van der Waals surface area contributed by atoms with Crippen LogP contribution >= 0.6 is 15.9 Å². The predicted octanol–water partition coefficient (Wildman–Crippen LogP) is 4.48. The van der Waals surface area contributed by atoms with Crippen LogP contribution < -0.4 is 0 Å². The van der Waals surface area contributed by atoms with Gasteiger partial charge in [-0.25, -0.2) is 8.42 Å². The quantitative estimate of drug-likeness (QED) is 0.812. The van der Waals surface area contributed by atoms with Crippen LogP contribution in [0.2, 0.25) is 0 Å². The van der Waals surface area contributed by atoms with Crippen LogP contribution in [0.15, 0.2) is 56.3 Å². The molecule has 0 N–H and O–H groups in total. The number of sulfone groups is 1. The number of halogens is 1. The van der Waals surface area contributed by atoms with Gasteiger partial charge in [0, 0.05) is 9.38 Å². The van der Waals surface area contributed by atoms with E-state index in [0.717, 1.165) is 10.9 Å². The van der Waals surface area contributed by atoms with E-state index in [1.165, 1.54) is 5.57 Å². The molecule has 0 fully saturated rings. The first-order valence-corrected chi connectivity index (χ1v) is 8.59. The predicted molar refractivity (Wildman–Crippen MR) is 81.6 cm³/mol. The molecule has 1 aromatic carbocycles. The summed E-state index contributed by atoms with van der Waals surface area (Å²) < 4.78 is 25.8. The van der Waals surface area contributed by atoms with Gasteiger partial charge in [-0.05, 0) is 49.1 Å². The Balaban J connectivity index is 2.34. The molecule has 0 spiro atoms. The second kappa shape index (κ2) is 5.63. The Hall–Kier alpha value is -0.870. The Kier molecular flexibility index (Phi) is 4.31. The van der Waals surface area contributed by atoms with E-state index in [4.69, 9.17) is 0 Å². The average molecular weight is 341 g/mol. The van der Waals surface area contributed by atoms with Crippen molar-refractivity contribution < 1.29 is 8.42 Å². The number of hydrogen-bond acceptors (Lipinski definition) is 2. The molecule has 1 aromatic rings. The molecule has 2 nitrogen and oxygen atoms in total. The highest BCUT2D eigenvalue weighted by atomic mass is 79.9. The maximum atomic E-state index is 12.5. The highest BCUT2D eigenvalue weighted by Gasteiger charge is 2.22. The second-order valence-corrected chi connectivity index (χ2v) is 7.90. The molecule has 1 aliphatic carbocycles. The molecule has 1 aliphatic rings. The zero-order valence-electron chi connectivity index (χ0n) is 11.1. The van der Waals surface area contributed by atoms with Crippen molar-refractivity contribution in [2.75, 3.05) is 0 Å². The van der Waals surface area contributed by atoms with Crippen LogP contribution in [0, 0.1) is 5.92 Å². The van der Waals surface area contributed by atoms with Crippen LogP contribution in [0.1, 0.15) is 26.7 Å². The van der Waals surface area contributed by atoms with E-state index in [2.05, 4.69) is 29.8 Å². The van der Waals surface area contributed by atoms with Gasteiger partial charge in [-0.15, -0.1) is 0 Å². The Bertz CT molecular complexity index is 623. The van der Waals surface area contributed by atoms with E-state index in [-0.39, 0.29) is 0 Å². The summed E-state index contributed by atoms with van der Waals surface area (Å²) in [6.07, 6.45) is 5.15. The van der Waals surface area contributed by atoms with Crippen LogP contribution in [-0.4, -0.2) is 8.42 Å². The van der Waals surface area contributed by atoms with Crippen molar-refractivity contribution in [3.05, 3.63) is 51.4 Å². The molecule has 4 heteroatoms. The first kappa shape index (κ1) is 14.5. The van der Waals surface area contributed by atoms with Crippen molar-refractivity contribution >= 4 is 25.8 Å². The van der Waals surface area contributed by atoms with E-state index < -0.39 is 9.84 Å². The summed E-state index contributed by atoms with van der Waals surface area (Å²) in [5, 5.41) is 0. The van der Waals surface area contributed by atoms with Crippen molar-refractivity contribution in [3.63, 3.8) is 0 Å². The SMILES string of the molecule is CC(C)C1=CC=C(S(=O)(=O)c2ccc(Br)cc2)CC1. The molecule has 0 saturated heterocycles. The lowest BCUT2D eigenvalue weighted by atomic mass is 9.95. The summed E-state index contributed by atoms with van der Waals surface area (Å²) in [6, 6.07) is 6.79. The van der Waals surface area contributed by atoms with E-state index in [9.17, 15) is 8.42 Å². The van der Waals surface area contributed by atoms with Crippen molar-refractivity contribution in [2.24, 2.45) is 5.92 Å². The first-order chi connectivity index (χ1) is 8.91. The Labute approximate surface area is 123 Å². The normalized spacial score (nSPS) is 16.2. The number of allylic oxidation sites excluding steroid dienone is 4. The summed E-state index contributed by atoms with van der Waals surface area (Å²) in [5.41, 5.74) is 1.31. The maximum absolute atomic E-state index is 12.5. The maximum Gasteiger partial charge on any atom is 0.202 e. The minimum atomic E-state index is -3.33. The molecule has 0 aromatic heterocycles. The lowest BCUT2D eigenvalue weighted by molar-refractivity contribution is 0.598. The zero-order valence-corrected chi connectivity index (χ0v) is 13.5. The van der Waals surface area contributed by atoms with Gasteiger partial charge in [-0.3, -0.25) is 0 Å². The third kappa shape index (κ3) is 3.18. The van der Waals surface area contributed by atoms with Crippen LogP contribution in [0.3, 0.4) is 0 Å². The zero-order chi connectivity index (χ0) is 14.0. The highest BCUT2D eigenvalue weighted by molar-refractivity contribution is 9.10. The van der Waals surface area contributed by atoms with Gasteiger partial charge in [0.2, 0.25) is 9.84 Å². The van der Waals surface area contributed by atoms with Crippen molar-refractivity contribution in [2.45, 2.75) is 31.6 Å². The van der Waals surface area contributed by atoms with Crippen LogP contribution in [0.25, 0.3) is 0 Å². The van der Waals surface area contributed by atoms with Crippen LogP contribution in [-0.2, 0) is 9.84 Å². The molecule has 102 valence electrons. The third-order valence-corrected chi connectivity index (χ3v) is 5.81. The molecular weight excluding hydrogens is 324 g/mol. The fourth-order valence-electron chi connectivity index (χ4n) is 2.10. The summed E-state index contributed by atoms with van der Waals surface area (Å²) in [5.74, 6) is 0.480. The molecular formula is C15H17BrO2S. The summed E-state index contributed by atoms with van der Waals surface area (Å²) in [4.78, 5) is 0.877. The highest BCUT2D eigenvalue weighted by Crippen LogP contribution is 2.30. The molecule has 0 heterocycles. The van der Waals surface area contributed by atoms with Crippen molar-refractivity contribution in [1.29, 1.82) is 0 Å². The topological polar surface area (TPSA) is 34.1 Å². The van der Waals surface area contributed by atoms with Crippen LogP contribution in [0.5, 0.6) is 0 Å². The third-order valence-electron chi connectivity index (χ3n) is 3.35. The van der Waals surface area contributed by atoms with Crippen LogP contribution in [0.4, 0.5) is 0 Å². The summed E-state index contributed by atoms with van der Waals surface area (Å²) in [6.45, 7) is 4.27. The minimum absolute atomic E-state index is 0.364. The van der Waals surface area contributed by atoms with Gasteiger partial charge in [0.1, 0.15) is 0 Å². The molecule has 2 rings (SSSR count). The smallest absolute Gasteiger partial charge is 0.202 e. The first-order valence-electron chi connectivity index (χ1n) is 6.31. The van der Waals surface area contributed by atoms with E-state index in [1.807, 2.05) is 6.08 Å². The van der Waals surface area contributed by atoms with E-state index in [1.54, 1.807) is 30.3 Å². The Morgan fingerprint density at radius 1 is 1.05 bits per heavy atom. The van der Waals surface area contributed by atoms with Gasteiger partial charge in [0.25, 0.3) is 0 Å². The number of hydrogen-bond donors (Lipinski definition) is 0. The molecule has 0 bridgehead atoms. The fourth-order valence-corrected chi connectivity index (χ4v) is 3.78. The van der Waals surface area contributed by atoms with Gasteiger partial charge in [0.05, 0.1) is 4.90 Å². The number of rotatable bonds is 3. The molecule has 0 saturated carbocycles.